The summed E-state index contributed by atoms with van der Waals surface area (Å²) < 4.78 is 11.9. The van der Waals surface area contributed by atoms with Crippen molar-refractivity contribution in [1.82, 2.24) is 15.6 Å². The van der Waals surface area contributed by atoms with Crippen molar-refractivity contribution in [3.05, 3.63) is 48.2 Å². The summed E-state index contributed by atoms with van der Waals surface area (Å²) in [4.78, 5) is 8.68. The Hall–Kier alpha value is -2.76. The van der Waals surface area contributed by atoms with Crippen LogP contribution in [0.1, 0.15) is 31.7 Å². The second-order valence-electron chi connectivity index (χ2n) is 6.61. The van der Waals surface area contributed by atoms with Crippen molar-refractivity contribution in [3.8, 4) is 17.4 Å². The second-order valence-corrected chi connectivity index (χ2v) is 6.61. The monoisotopic (exact) mass is 368 g/mol. The molecule has 1 aromatic heterocycles. The zero-order valence-corrected chi connectivity index (χ0v) is 16.1. The molecule has 1 fully saturated rings. The summed E-state index contributed by atoms with van der Waals surface area (Å²) >= 11 is 0. The molecule has 0 amide bonds. The Labute approximate surface area is 161 Å². The molecule has 0 aliphatic heterocycles. The number of nitrogens with one attached hydrogen (secondary N) is 2. The fourth-order valence-electron chi connectivity index (χ4n) is 2.58. The number of ether oxygens (including phenoxy) is 2. The van der Waals surface area contributed by atoms with Crippen LogP contribution in [-0.4, -0.2) is 31.1 Å². The minimum atomic E-state index is 0.565. The Morgan fingerprint density at radius 1 is 1.15 bits per heavy atom. The number of aliphatic imine (C=N–C) groups is 1. The summed E-state index contributed by atoms with van der Waals surface area (Å²) in [5.41, 5.74) is 0.956. The molecular weight excluding hydrogens is 340 g/mol. The quantitative estimate of drug-likeness (QED) is 0.521. The van der Waals surface area contributed by atoms with Crippen LogP contribution < -0.4 is 20.1 Å². The maximum Gasteiger partial charge on any atom is 0.224 e. The maximum absolute atomic E-state index is 6.08. The van der Waals surface area contributed by atoms with Gasteiger partial charge < -0.3 is 20.1 Å². The lowest BCUT2D eigenvalue weighted by molar-refractivity contribution is 0.300. The van der Waals surface area contributed by atoms with Crippen LogP contribution in [0, 0.1) is 5.92 Å². The van der Waals surface area contributed by atoms with E-state index in [0.717, 1.165) is 36.2 Å². The van der Waals surface area contributed by atoms with E-state index in [2.05, 4.69) is 27.5 Å². The van der Waals surface area contributed by atoms with Crippen LogP contribution in [0.4, 0.5) is 0 Å². The van der Waals surface area contributed by atoms with E-state index in [1.807, 2.05) is 36.4 Å². The molecule has 1 aromatic carbocycles. The van der Waals surface area contributed by atoms with Gasteiger partial charge in [-0.3, -0.25) is 4.99 Å². The zero-order chi connectivity index (χ0) is 18.9. The zero-order valence-electron chi connectivity index (χ0n) is 16.1. The highest BCUT2D eigenvalue weighted by molar-refractivity contribution is 5.79. The van der Waals surface area contributed by atoms with E-state index in [1.165, 1.54) is 12.8 Å². The third-order valence-corrected chi connectivity index (χ3v) is 4.29. The Kier molecular flexibility index (Phi) is 6.90. The maximum atomic E-state index is 6.08. The Morgan fingerprint density at radius 3 is 2.70 bits per heavy atom. The highest BCUT2D eigenvalue weighted by Gasteiger charge is 2.21. The molecule has 144 valence electrons. The molecule has 0 bridgehead atoms. The molecule has 27 heavy (non-hydrogen) atoms. The Bertz CT molecular complexity index is 759. The van der Waals surface area contributed by atoms with Crippen molar-refractivity contribution in [2.45, 2.75) is 32.7 Å². The standard InChI is InChI=1S/C21H28N4O2/c1-3-13-26-18-8-4-5-9-19(18)27-20-17(7-6-12-23-20)15-25-21(22-2)24-14-16-10-11-16/h4-9,12,16H,3,10-11,13-15H2,1-2H3,(H2,22,24,25). The van der Waals surface area contributed by atoms with Crippen molar-refractivity contribution in [1.29, 1.82) is 0 Å². The summed E-state index contributed by atoms with van der Waals surface area (Å²) in [7, 11) is 1.78. The summed E-state index contributed by atoms with van der Waals surface area (Å²) in [6.45, 7) is 4.28. The van der Waals surface area contributed by atoms with Gasteiger partial charge in [-0.15, -0.1) is 0 Å². The normalized spacial score (nSPS) is 13.9. The largest absolute Gasteiger partial charge is 0.490 e. The van der Waals surface area contributed by atoms with Gasteiger partial charge in [0.1, 0.15) is 0 Å². The number of benzene rings is 1. The summed E-state index contributed by atoms with van der Waals surface area (Å²) in [6, 6.07) is 11.6. The molecule has 1 aliphatic carbocycles. The van der Waals surface area contributed by atoms with E-state index in [9.17, 15) is 0 Å². The first-order valence-electron chi connectivity index (χ1n) is 9.58. The van der Waals surface area contributed by atoms with Crippen molar-refractivity contribution >= 4 is 5.96 Å². The number of rotatable bonds is 9. The second kappa shape index (κ2) is 9.80. The van der Waals surface area contributed by atoms with Gasteiger partial charge in [-0.25, -0.2) is 4.98 Å². The SMILES string of the molecule is CCCOc1ccccc1Oc1ncccc1CNC(=NC)NCC1CC1. The number of hydrogen-bond acceptors (Lipinski definition) is 4. The minimum Gasteiger partial charge on any atom is -0.490 e. The molecule has 3 rings (SSSR count). The minimum absolute atomic E-state index is 0.565. The van der Waals surface area contributed by atoms with E-state index in [1.54, 1.807) is 13.2 Å². The van der Waals surface area contributed by atoms with Crippen molar-refractivity contribution in [2.24, 2.45) is 10.9 Å². The number of para-hydroxylation sites is 2. The van der Waals surface area contributed by atoms with E-state index in [-0.39, 0.29) is 0 Å². The molecule has 2 N–H and O–H groups in total. The van der Waals surface area contributed by atoms with Crippen LogP contribution in [0.5, 0.6) is 17.4 Å². The van der Waals surface area contributed by atoms with Crippen molar-refractivity contribution < 1.29 is 9.47 Å². The number of aromatic nitrogens is 1. The first-order valence-corrected chi connectivity index (χ1v) is 9.58. The fraction of sp³-hybridized carbons (Fsp3) is 0.429. The highest BCUT2D eigenvalue weighted by Crippen LogP contribution is 2.32. The predicted molar refractivity (Wildman–Crippen MR) is 107 cm³/mol. The van der Waals surface area contributed by atoms with E-state index in [0.29, 0.717) is 24.8 Å². The van der Waals surface area contributed by atoms with E-state index < -0.39 is 0 Å². The van der Waals surface area contributed by atoms with Gasteiger partial charge in [-0.1, -0.05) is 25.1 Å². The van der Waals surface area contributed by atoms with Crippen molar-refractivity contribution in [2.75, 3.05) is 20.2 Å². The summed E-state index contributed by atoms with van der Waals surface area (Å²) in [5, 5.41) is 6.69. The van der Waals surface area contributed by atoms with E-state index >= 15 is 0 Å². The van der Waals surface area contributed by atoms with Gasteiger partial charge in [0.25, 0.3) is 0 Å². The van der Waals surface area contributed by atoms with Gasteiger partial charge >= 0.3 is 0 Å². The fourth-order valence-corrected chi connectivity index (χ4v) is 2.58. The summed E-state index contributed by atoms with van der Waals surface area (Å²) in [6.07, 6.45) is 5.29. The van der Waals surface area contributed by atoms with Gasteiger partial charge in [0.05, 0.1) is 6.61 Å². The van der Waals surface area contributed by atoms with Crippen LogP contribution in [-0.2, 0) is 6.54 Å². The third-order valence-electron chi connectivity index (χ3n) is 4.29. The number of guanidine groups is 1. The number of pyridine rings is 1. The van der Waals surface area contributed by atoms with Crippen LogP contribution in [0.25, 0.3) is 0 Å². The smallest absolute Gasteiger partial charge is 0.224 e. The Balaban J connectivity index is 1.65. The van der Waals surface area contributed by atoms with Gasteiger partial charge in [0.15, 0.2) is 17.5 Å². The lowest BCUT2D eigenvalue weighted by Gasteiger charge is -2.15. The first kappa shape index (κ1) is 19.0. The topological polar surface area (TPSA) is 67.8 Å². The summed E-state index contributed by atoms with van der Waals surface area (Å²) in [5.74, 6) is 3.55. The van der Waals surface area contributed by atoms with E-state index in [4.69, 9.17) is 9.47 Å². The molecule has 0 radical (unpaired) electrons. The van der Waals surface area contributed by atoms with Crippen LogP contribution in [0.3, 0.4) is 0 Å². The number of nitrogens with zero attached hydrogens (tertiary/aromatic N) is 2. The molecule has 2 aromatic rings. The highest BCUT2D eigenvalue weighted by atomic mass is 16.5. The van der Waals surface area contributed by atoms with Crippen LogP contribution in [0.2, 0.25) is 0 Å². The van der Waals surface area contributed by atoms with Gasteiger partial charge in [-0.2, -0.15) is 0 Å². The lowest BCUT2D eigenvalue weighted by atomic mass is 10.2. The van der Waals surface area contributed by atoms with Crippen molar-refractivity contribution in [3.63, 3.8) is 0 Å². The molecule has 0 saturated heterocycles. The molecular formula is C21H28N4O2. The van der Waals surface area contributed by atoms with Crippen LogP contribution >= 0.6 is 0 Å². The van der Waals surface area contributed by atoms with Crippen LogP contribution in [0.15, 0.2) is 47.6 Å². The molecule has 1 heterocycles. The van der Waals surface area contributed by atoms with Gasteiger partial charge in [0.2, 0.25) is 5.88 Å². The third kappa shape index (κ3) is 5.88. The van der Waals surface area contributed by atoms with Gasteiger partial charge in [0, 0.05) is 31.9 Å². The molecule has 6 nitrogen and oxygen atoms in total. The average molecular weight is 368 g/mol. The molecule has 1 saturated carbocycles. The molecule has 0 atom stereocenters. The first-order chi connectivity index (χ1) is 13.3. The van der Waals surface area contributed by atoms with Gasteiger partial charge in [-0.05, 0) is 43.4 Å². The lowest BCUT2D eigenvalue weighted by Crippen LogP contribution is -2.37. The molecule has 6 heteroatoms. The molecule has 0 spiro atoms. The Morgan fingerprint density at radius 2 is 1.96 bits per heavy atom. The molecule has 0 unspecified atom stereocenters. The molecule has 1 aliphatic rings. The predicted octanol–water partition coefficient (Wildman–Crippen LogP) is 3.74. The average Bonchev–Trinajstić information content (AvgIpc) is 3.53. The number of hydrogen-bond donors (Lipinski definition) is 2.